The van der Waals surface area contributed by atoms with Gasteiger partial charge in [0.25, 0.3) is 12.4 Å². The topological polar surface area (TPSA) is 107 Å². The van der Waals surface area contributed by atoms with Crippen molar-refractivity contribution in [3.63, 3.8) is 0 Å². The van der Waals surface area contributed by atoms with E-state index in [1.165, 1.54) is 20.0 Å². The highest BCUT2D eigenvalue weighted by Crippen LogP contribution is 2.24. The number of carbonyl (C=O) groups excluding carboxylic acids is 2. The standard InChI is InChI=1S/C18H21FN4O3.C6H12O2.C3H9N/c1-12-20-8-13(9-21-12)23-7-6-15(17(23)24)26-14-4-5-16(22-10-14)25-11-18(2,3)19;1-3-6(4-2)8-5-7;1-4(2)3/h4-5,8-10,15H,6-7,11H2,1-3H3;5-6H,3-4H2,1-2H3;1-3H3/t15-;;/m1../s1. The zero-order valence-electron chi connectivity index (χ0n) is 23.8. The van der Waals surface area contributed by atoms with Crippen LogP contribution >= 0.6 is 0 Å². The molecule has 212 valence electrons. The van der Waals surface area contributed by atoms with Gasteiger partial charge in [0.1, 0.15) is 30.0 Å². The second kappa shape index (κ2) is 16.5. The van der Waals surface area contributed by atoms with Crippen LogP contribution in [-0.4, -0.2) is 84.4 Å². The molecule has 11 heteroatoms. The number of carbonyl (C=O) groups is 2. The first-order valence-corrected chi connectivity index (χ1v) is 12.6. The number of halogens is 1. The van der Waals surface area contributed by atoms with Crippen molar-refractivity contribution in [3.05, 3.63) is 36.5 Å². The second-order valence-electron chi connectivity index (χ2n) is 9.73. The number of alkyl halides is 1. The summed E-state index contributed by atoms with van der Waals surface area (Å²) < 4.78 is 29.1. The molecule has 0 radical (unpaired) electrons. The highest BCUT2D eigenvalue weighted by Gasteiger charge is 2.34. The van der Waals surface area contributed by atoms with Crippen LogP contribution in [-0.2, 0) is 14.3 Å². The molecule has 1 fully saturated rings. The van der Waals surface area contributed by atoms with Gasteiger partial charge in [-0.05, 0) is 60.8 Å². The maximum Gasteiger partial charge on any atom is 0.293 e. The molecule has 1 saturated heterocycles. The lowest BCUT2D eigenvalue weighted by atomic mass is 10.2. The minimum absolute atomic E-state index is 0.0884. The van der Waals surface area contributed by atoms with Gasteiger partial charge in [-0.25, -0.2) is 19.3 Å². The minimum Gasteiger partial charge on any atom is -0.479 e. The molecule has 0 unspecified atom stereocenters. The number of aromatic nitrogens is 3. The first-order valence-electron chi connectivity index (χ1n) is 12.6. The second-order valence-corrected chi connectivity index (χ2v) is 9.73. The van der Waals surface area contributed by atoms with E-state index in [1.54, 1.807) is 36.4 Å². The lowest BCUT2D eigenvalue weighted by Gasteiger charge is -2.17. The number of aryl methyl sites for hydroxylation is 1. The fourth-order valence-electron chi connectivity index (χ4n) is 3.04. The minimum atomic E-state index is -1.43. The Morgan fingerprint density at radius 2 is 1.74 bits per heavy atom. The van der Waals surface area contributed by atoms with Gasteiger partial charge in [-0.1, -0.05) is 13.8 Å². The summed E-state index contributed by atoms with van der Waals surface area (Å²) in [7, 11) is 6.00. The molecule has 1 aliphatic rings. The van der Waals surface area contributed by atoms with Crippen LogP contribution in [0.5, 0.6) is 11.6 Å². The average molecular weight is 536 g/mol. The van der Waals surface area contributed by atoms with E-state index >= 15 is 0 Å². The Morgan fingerprint density at radius 3 is 2.18 bits per heavy atom. The lowest BCUT2D eigenvalue weighted by molar-refractivity contribution is -0.133. The number of ether oxygens (including phenoxy) is 3. The SMILES string of the molecule is CCC(CC)OC=O.CN(C)C.Cc1ncc(N2CC[C@@H](Oc3ccc(OCC(C)(C)F)nc3)C2=O)cn1. The number of hydrogen-bond acceptors (Lipinski definition) is 9. The maximum atomic E-state index is 13.4. The maximum absolute atomic E-state index is 13.4. The highest BCUT2D eigenvalue weighted by atomic mass is 19.1. The normalized spacial score (nSPS) is 14.9. The van der Waals surface area contributed by atoms with Crippen LogP contribution < -0.4 is 14.4 Å². The van der Waals surface area contributed by atoms with Gasteiger partial charge in [0, 0.05) is 19.0 Å². The van der Waals surface area contributed by atoms with Crippen molar-refractivity contribution in [2.24, 2.45) is 0 Å². The number of nitrogens with zero attached hydrogens (tertiary/aromatic N) is 5. The average Bonchev–Trinajstić information content (AvgIpc) is 3.22. The predicted octanol–water partition coefficient (Wildman–Crippen LogP) is 4.02. The summed E-state index contributed by atoms with van der Waals surface area (Å²) in [5.74, 6) is 1.27. The molecule has 3 rings (SSSR count). The summed E-state index contributed by atoms with van der Waals surface area (Å²) in [5, 5.41) is 0. The molecule has 10 nitrogen and oxygen atoms in total. The van der Waals surface area contributed by atoms with Crippen molar-refractivity contribution in [2.45, 2.75) is 71.8 Å². The molecule has 0 aliphatic carbocycles. The van der Waals surface area contributed by atoms with Gasteiger partial charge in [-0.15, -0.1) is 0 Å². The van der Waals surface area contributed by atoms with E-state index in [9.17, 15) is 14.0 Å². The molecule has 0 aromatic carbocycles. The van der Waals surface area contributed by atoms with Gasteiger partial charge < -0.3 is 24.0 Å². The quantitative estimate of drug-likeness (QED) is 0.417. The fraction of sp³-hybridized carbons (Fsp3) is 0.593. The lowest BCUT2D eigenvalue weighted by Crippen LogP contribution is -2.32. The van der Waals surface area contributed by atoms with Crippen molar-refractivity contribution in [2.75, 3.05) is 39.2 Å². The summed E-state index contributed by atoms with van der Waals surface area (Å²) in [6, 6.07) is 3.24. The van der Waals surface area contributed by atoms with E-state index in [0.717, 1.165) is 12.8 Å². The van der Waals surface area contributed by atoms with Crippen molar-refractivity contribution in [1.29, 1.82) is 0 Å². The van der Waals surface area contributed by atoms with Crippen molar-refractivity contribution < 1.29 is 28.2 Å². The Morgan fingerprint density at radius 1 is 1.13 bits per heavy atom. The molecule has 1 atom stereocenters. The van der Waals surface area contributed by atoms with Crippen molar-refractivity contribution in [3.8, 4) is 11.6 Å². The summed E-state index contributed by atoms with van der Waals surface area (Å²) in [5.41, 5.74) is -0.779. The molecule has 3 heterocycles. The first kappa shape index (κ1) is 32.7. The van der Waals surface area contributed by atoms with E-state index in [0.29, 0.717) is 42.6 Å². The van der Waals surface area contributed by atoms with E-state index < -0.39 is 11.8 Å². The Bertz CT molecular complexity index is 945. The summed E-state index contributed by atoms with van der Waals surface area (Å²) in [4.78, 5) is 38.2. The summed E-state index contributed by atoms with van der Waals surface area (Å²) in [6.45, 7) is 9.61. The van der Waals surface area contributed by atoms with Crippen LogP contribution in [0.15, 0.2) is 30.7 Å². The molecule has 1 aliphatic heterocycles. The molecule has 2 aromatic rings. The van der Waals surface area contributed by atoms with E-state index in [4.69, 9.17) is 9.47 Å². The van der Waals surface area contributed by atoms with Crippen molar-refractivity contribution in [1.82, 2.24) is 19.9 Å². The van der Waals surface area contributed by atoms with Crippen LogP contribution in [0.4, 0.5) is 10.1 Å². The fourth-order valence-corrected chi connectivity index (χ4v) is 3.04. The Labute approximate surface area is 225 Å². The third-order valence-electron chi connectivity index (χ3n) is 4.94. The third kappa shape index (κ3) is 12.8. The van der Waals surface area contributed by atoms with Crippen LogP contribution in [0.1, 0.15) is 52.8 Å². The molecule has 0 N–H and O–H groups in total. The zero-order valence-corrected chi connectivity index (χ0v) is 23.8. The largest absolute Gasteiger partial charge is 0.479 e. The molecule has 0 bridgehead atoms. The van der Waals surface area contributed by atoms with Crippen LogP contribution in [0.25, 0.3) is 0 Å². The van der Waals surface area contributed by atoms with Crippen LogP contribution in [0.2, 0.25) is 0 Å². The zero-order chi connectivity index (χ0) is 28.7. The van der Waals surface area contributed by atoms with E-state index in [1.807, 2.05) is 39.9 Å². The molecule has 2 aromatic heterocycles. The molecule has 0 saturated carbocycles. The number of amides is 1. The van der Waals surface area contributed by atoms with Gasteiger partial charge >= 0.3 is 0 Å². The Balaban J connectivity index is 0.000000504. The summed E-state index contributed by atoms with van der Waals surface area (Å²) >= 11 is 0. The number of anilines is 1. The molecule has 1 amide bonds. The van der Waals surface area contributed by atoms with Gasteiger partial charge in [0.15, 0.2) is 6.10 Å². The van der Waals surface area contributed by atoms with Crippen LogP contribution in [0.3, 0.4) is 0 Å². The van der Waals surface area contributed by atoms with Gasteiger partial charge in [-0.3, -0.25) is 9.59 Å². The number of pyridine rings is 1. The van der Waals surface area contributed by atoms with Gasteiger partial charge in [-0.2, -0.15) is 0 Å². The monoisotopic (exact) mass is 535 g/mol. The summed E-state index contributed by atoms with van der Waals surface area (Å²) in [6.07, 6.45) is 6.64. The molecule has 0 spiro atoms. The van der Waals surface area contributed by atoms with E-state index in [-0.39, 0.29) is 18.6 Å². The van der Waals surface area contributed by atoms with Crippen LogP contribution in [0, 0.1) is 6.92 Å². The van der Waals surface area contributed by atoms with Gasteiger partial charge in [0.05, 0.1) is 24.3 Å². The molecule has 38 heavy (non-hydrogen) atoms. The Kier molecular flexibility index (Phi) is 14.2. The Hall–Kier alpha value is -3.34. The van der Waals surface area contributed by atoms with E-state index in [2.05, 4.69) is 19.7 Å². The number of rotatable bonds is 10. The third-order valence-corrected chi connectivity index (χ3v) is 4.94. The number of hydrogen-bond donors (Lipinski definition) is 0. The molecular weight excluding hydrogens is 493 g/mol. The highest BCUT2D eigenvalue weighted by molar-refractivity contribution is 5.98. The van der Waals surface area contributed by atoms with Crippen molar-refractivity contribution >= 4 is 18.1 Å². The molecular formula is C27H42FN5O5. The first-order chi connectivity index (χ1) is 17.9. The van der Waals surface area contributed by atoms with Gasteiger partial charge in [0.2, 0.25) is 5.88 Å². The smallest absolute Gasteiger partial charge is 0.293 e. The predicted molar refractivity (Wildman–Crippen MR) is 144 cm³/mol.